The zero-order chi connectivity index (χ0) is 12.5. The molecule has 0 saturated heterocycles. The highest BCUT2D eigenvalue weighted by atomic mass is 79.9. The summed E-state index contributed by atoms with van der Waals surface area (Å²) in [5.41, 5.74) is 1.26. The third kappa shape index (κ3) is 2.82. The van der Waals surface area contributed by atoms with Crippen LogP contribution in [0.15, 0.2) is 18.2 Å². The average Bonchev–Trinajstić information content (AvgIpc) is 2.70. The van der Waals surface area contributed by atoms with Gasteiger partial charge in [-0.05, 0) is 36.5 Å². The van der Waals surface area contributed by atoms with Gasteiger partial charge in [0, 0.05) is 17.3 Å². The summed E-state index contributed by atoms with van der Waals surface area (Å²) in [6, 6.07) is 4.79. The fraction of sp³-hybridized carbons (Fsp3) is 0.571. The number of alkyl halides is 1. The Morgan fingerprint density at radius 3 is 2.94 bits per heavy atom. The third-order valence-electron chi connectivity index (χ3n) is 3.66. The summed E-state index contributed by atoms with van der Waals surface area (Å²) in [6.07, 6.45) is 3.14. The smallest absolute Gasteiger partial charge is 0.123 e. The first-order valence-corrected chi connectivity index (χ1v) is 7.19. The standard InChI is InChI=1S/C14H18BrFO/c1-3-14(2,9-15)8-12-7-10-6-11(16)4-5-13(10)17-12/h4-6,12H,3,7-9H2,1-2H3. The molecule has 0 N–H and O–H groups in total. The van der Waals surface area contributed by atoms with Crippen LogP contribution in [0.2, 0.25) is 0 Å². The zero-order valence-corrected chi connectivity index (χ0v) is 11.9. The van der Waals surface area contributed by atoms with E-state index in [0.29, 0.717) is 0 Å². The minimum Gasteiger partial charge on any atom is -0.490 e. The van der Waals surface area contributed by atoms with Crippen molar-refractivity contribution in [3.8, 4) is 5.75 Å². The van der Waals surface area contributed by atoms with Gasteiger partial charge < -0.3 is 4.74 Å². The number of rotatable bonds is 4. The molecular formula is C14H18BrFO. The summed E-state index contributed by atoms with van der Waals surface area (Å²) in [5, 5.41) is 0.973. The molecule has 0 amide bonds. The Balaban J connectivity index is 2.05. The lowest BCUT2D eigenvalue weighted by atomic mass is 9.83. The van der Waals surface area contributed by atoms with Gasteiger partial charge >= 0.3 is 0 Å². The molecule has 0 aromatic heterocycles. The summed E-state index contributed by atoms with van der Waals surface area (Å²) >= 11 is 3.57. The Morgan fingerprint density at radius 1 is 1.53 bits per heavy atom. The predicted octanol–water partition coefficient (Wildman–Crippen LogP) is 4.33. The lowest BCUT2D eigenvalue weighted by molar-refractivity contribution is 0.157. The molecule has 0 spiro atoms. The first kappa shape index (κ1) is 12.9. The molecule has 2 rings (SSSR count). The van der Waals surface area contributed by atoms with Gasteiger partial charge in [0.1, 0.15) is 17.7 Å². The van der Waals surface area contributed by atoms with Gasteiger partial charge in [-0.15, -0.1) is 0 Å². The number of halogens is 2. The first-order valence-electron chi connectivity index (χ1n) is 6.07. The minimum atomic E-state index is -0.174. The van der Waals surface area contributed by atoms with Crippen molar-refractivity contribution in [1.82, 2.24) is 0 Å². The van der Waals surface area contributed by atoms with Gasteiger partial charge in [-0.25, -0.2) is 4.39 Å². The zero-order valence-electron chi connectivity index (χ0n) is 10.3. The van der Waals surface area contributed by atoms with Gasteiger partial charge in [0.15, 0.2) is 0 Å². The van der Waals surface area contributed by atoms with Crippen LogP contribution >= 0.6 is 15.9 Å². The van der Waals surface area contributed by atoms with Gasteiger partial charge in [0.2, 0.25) is 0 Å². The van der Waals surface area contributed by atoms with Crippen LogP contribution in [-0.2, 0) is 6.42 Å². The van der Waals surface area contributed by atoms with E-state index < -0.39 is 0 Å². The van der Waals surface area contributed by atoms with Crippen LogP contribution in [0.1, 0.15) is 32.3 Å². The molecule has 1 nitrogen and oxygen atoms in total. The second-order valence-electron chi connectivity index (χ2n) is 5.20. The second-order valence-corrected chi connectivity index (χ2v) is 5.76. The highest BCUT2D eigenvalue weighted by Crippen LogP contribution is 2.37. The van der Waals surface area contributed by atoms with Crippen LogP contribution in [0, 0.1) is 11.2 Å². The van der Waals surface area contributed by atoms with E-state index >= 15 is 0 Å². The van der Waals surface area contributed by atoms with E-state index in [9.17, 15) is 4.39 Å². The van der Waals surface area contributed by atoms with Gasteiger partial charge in [-0.2, -0.15) is 0 Å². The number of ether oxygens (including phenoxy) is 1. The lowest BCUT2D eigenvalue weighted by Crippen LogP contribution is -2.27. The molecule has 1 aliphatic heterocycles. The van der Waals surface area contributed by atoms with Crippen LogP contribution in [0.5, 0.6) is 5.75 Å². The maximum absolute atomic E-state index is 13.1. The molecule has 1 aliphatic rings. The summed E-state index contributed by atoms with van der Waals surface area (Å²) in [6.45, 7) is 4.46. The van der Waals surface area contributed by atoms with Crippen molar-refractivity contribution < 1.29 is 9.13 Å². The highest BCUT2D eigenvalue weighted by molar-refractivity contribution is 9.09. The topological polar surface area (TPSA) is 9.23 Å². The number of benzene rings is 1. The molecule has 1 heterocycles. The van der Waals surface area contributed by atoms with Crippen LogP contribution in [0.4, 0.5) is 4.39 Å². The van der Waals surface area contributed by atoms with Gasteiger partial charge in [-0.3, -0.25) is 0 Å². The normalized spacial score (nSPS) is 21.8. The van der Waals surface area contributed by atoms with E-state index in [4.69, 9.17) is 4.74 Å². The van der Waals surface area contributed by atoms with Gasteiger partial charge in [0.25, 0.3) is 0 Å². The van der Waals surface area contributed by atoms with Crippen molar-refractivity contribution in [2.24, 2.45) is 5.41 Å². The fourth-order valence-electron chi connectivity index (χ4n) is 2.25. The van der Waals surface area contributed by atoms with E-state index in [1.54, 1.807) is 12.1 Å². The second kappa shape index (κ2) is 4.97. The van der Waals surface area contributed by atoms with E-state index in [-0.39, 0.29) is 17.3 Å². The Bertz CT molecular complexity index is 401. The molecule has 94 valence electrons. The highest BCUT2D eigenvalue weighted by Gasteiger charge is 2.31. The molecule has 0 radical (unpaired) electrons. The quantitative estimate of drug-likeness (QED) is 0.752. The fourth-order valence-corrected chi connectivity index (χ4v) is 2.87. The first-order chi connectivity index (χ1) is 8.06. The van der Waals surface area contributed by atoms with Gasteiger partial charge in [0.05, 0.1) is 0 Å². The molecule has 2 atom stereocenters. The van der Waals surface area contributed by atoms with Crippen molar-refractivity contribution in [2.45, 2.75) is 39.2 Å². The summed E-state index contributed by atoms with van der Waals surface area (Å²) in [4.78, 5) is 0. The molecule has 0 bridgehead atoms. The molecular weight excluding hydrogens is 283 g/mol. The Hall–Kier alpha value is -0.570. The van der Waals surface area contributed by atoms with Crippen LogP contribution in [-0.4, -0.2) is 11.4 Å². The largest absolute Gasteiger partial charge is 0.490 e. The van der Waals surface area contributed by atoms with Crippen molar-refractivity contribution in [2.75, 3.05) is 5.33 Å². The Morgan fingerprint density at radius 2 is 2.29 bits per heavy atom. The van der Waals surface area contributed by atoms with E-state index in [0.717, 1.165) is 35.9 Å². The molecule has 2 unspecified atom stereocenters. The number of fused-ring (bicyclic) bond motifs is 1. The number of hydrogen-bond acceptors (Lipinski definition) is 1. The molecule has 1 aromatic carbocycles. The maximum Gasteiger partial charge on any atom is 0.123 e. The third-order valence-corrected chi connectivity index (χ3v) is 5.01. The molecule has 17 heavy (non-hydrogen) atoms. The van der Waals surface area contributed by atoms with Gasteiger partial charge in [-0.1, -0.05) is 29.8 Å². The molecule has 3 heteroatoms. The Kier molecular flexibility index (Phi) is 3.76. The van der Waals surface area contributed by atoms with Crippen LogP contribution in [0.3, 0.4) is 0 Å². The van der Waals surface area contributed by atoms with Crippen LogP contribution < -0.4 is 4.74 Å². The summed E-state index contributed by atoms with van der Waals surface area (Å²) in [7, 11) is 0. The minimum absolute atomic E-state index is 0.174. The van der Waals surface area contributed by atoms with E-state index in [1.807, 2.05) is 0 Å². The molecule has 1 aromatic rings. The lowest BCUT2D eigenvalue weighted by Gasteiger charge is -2.28. The number of hydrogen-bond donors (Lipinski definition) is 0. The summed E-state index contributed by atoms with van der Waals surface area (Å²) < 4.78 is 19.0. The average molecular weight is 301 g/mol. The SMILES string of the molecule is CCC(C)(CBr)CC1Cc2cc(F)ccc2O1. The monoisotopic (exact) mass is 300 g/mol. The van der Waals surface area contributed by atoms with Crippen molar-refractivity contribution in [3.05, 3.63) is 29.6 Å². The van der Waals surface area contributed by atoms with Crippen molar-refractivity contribution in [1.29, 1.82) is 0 Å². The van der Waals surface area contributed by atoms with Crippen molar-refractivity contribution in [3.63, 3.8) is 0 Å². The maximum atomic E-state index is 13.1. The predicted molar refractivity (Wildman–Crippen MR) is 71.3 cm³/mol. The Labute approximate surface area is 110 Å². The van der Waals surface area contributed by atoms with Crippen molar-refractivity contribution >= 4 is 15.9 Å². The molecule has 0 aliphatic carbocycles. The van der Waals surface area contributed by atoms with E-state index in [2.05, 4.69) is 29.8 Å². The summed E-state index contributed by atoms with van der Waals surface area (Å²) in [5.74, 6) is 0.677. The molecule has 0 saturated carbocycles. The van der Waals surface area contributed by atoms with E-state index in [1.165, 1.54) is 6.07 Å². The van der Waals surface area contributed by atoms with Crippen LogP contribution in [0.25, 0.3) is 0 Å². The molecule has 0 fully saturated rings.